The van der Waals surface area contributed by atoms with E-state index in [1.807, 2.05) is 20.8 Å². The highest BCUT2D eigenvalue weighted by molar-refractivity contribution is 7.92. The molecule has 204 valence electrons. The minimum atomic E-state index is -3.72. The molecule has 7 nitrogen and oxygen atoms in total. The molecule has 1 atom stereocenters. The molecular weight excluding hydrogens is 580 g/mol. The van der Waals surface area contributed by atoms with Gasteiger partial charge in [-0.25, -0.2) is 8.42 Å². The Hall–Kier alpha value is -1.71. The van der Waals surface area contributed by atoms with Crippen LogP contribution < -0.4 is 9.62 Å². The van der Waals surface area contributed by atoms with E-state index < -0.39 is 16.1 Å². The highest BCUT2D eigenvalue weighted by atomic mass is 35.5. The highest BCUT2D eigenvalue weighted by Crippen LogP contribution is 2.31. The Bertz CT molecular complexity index is 1200. The van der Waals surface area contributed by atoms with E-state index in [1.165, 1.54) is 17.0 Å². The van der Waals surface area contributed by atoms with Crippen molar-refractivity contribution in [2.24, 2.45) is 0 Å². The summed E-state index contributed by atoms with van der Waals surface area (Å²) in [5.41, 5.74) is 0.755. The predicted molar refractivity (Wildman–Crippen MR) is 152 cm³/mol. The van der Waals surface area contributed by atoms with Crippen LogP contribution in [-0.2, 0) is 26.2 Å². The molecule has 2 rings (SSSR count). The fraction of sp³-hybridized carbons (Fsp3) is 0.440. The molecule has 0 aliphatic carbocycles. The number of amides is 2. The van der Waals surface area contributed by atoms with E-state index in [-0.39, 0.29) is 54.5 Å². The minimum absolute atomic E-state index is 0.0136. The van der Waals surface area contributed by atoms with Crippen molar-refractivity contribution < 1.29 is 18.0 Å². The number of sulfonamides is 1. The van der Waals surface area contributed by atoms with Crippen LogP contribution in [0.25, 0.3) is 0 Å². The van der Waals surface area contributed by atoms with E-state index in [1.54, 1.807) is 24.3 Å². The number of rotatable bonds is 12. The first-order valence-corrected chi connectivity index (χ1v) is 15.1. The molecule has 0 saturated heterocycles. The lowest BCUT2D eigenvalue weighted by Gasteiger charge is -2.32. The zero-order valence-corrected chi connectivity index (χ0v) is 24.9. The van der Waals surface area contributed by atoms with E-state index in [0.717, 1.165) is 10.6 Å². The molecule has 0 saturated carbocycles. The summed E-state index contributed by atoms with van der Waals surface area (Å²) in [6, 6.07) is 8.67. The predicted octanol–water partition coefficient (Wildman–Crippen LogP) is 6.18. The van der Waals surface area contributed by atoms with Gasteiger partial charge in [-0.15, -0.1) is 0 Å². The average Bonchev–Trinajstić information content (AvgIpc) is 2.79. The van der Waals surface area contributed by atoms with E-state index in [9.17, 15) is 18.0 Å². The fourth-order valence-electron chi connectivity index (χ4n) is 3.81. The van der Waals surface area contributed by atoms with Crippen molar-refractivity contribution in [2.45, 2.75) is 58.7 Å². The smallest absolute Gasteiger partial charge is 0.243 e. The third-order valence-corrected chi connectivity index (χ3v) is 7.98. The van der Waals surface area contributed by atoms with Crippen LogP contribution in [0.3, 0.4) is 0 Å². The molecule has 0 spiro atoms. The number of nitrogens with one attached hydrogen (secondary N) is 1. The van der Waals surface area contributed by atoms with Crippen LogP contribution in [0.15, 0.2) is 36.4 Å². The standard InChI is InChI=1S/C25H31Cl4N3O4S/c1-5-22(25(34)30-16(2)3)31(15-18-19(27)8-6-9-20(18)28)24(33)10-7-13-32(37(4,35)36)23-14-17(26)11-12-21(23)29/h6,8-9,11-12,14,16,22H,5,7,10,13,15H2,1-4H3,(H,30,34)/t22-/m0/s1. The Morgan fingerprint density at radius 3 is 2.16 bits per heavy atom. The van der Waals surface area contributed by atoms with Crippen molar-refractivity contribution in [2.75, 3.05) is 17.1 Å². The first kappa shape index (κ1) is 31.5. The van der Waals surface area contributed by atoms with Gasteiger partial charge in [0.25, 0.3) is 0 Å². The molecule has 1 N–H and O–H groups in total. The van der Waals surface area contributed by atoms with Gasteiger partial charge in [0.05, 0.1) is 17.0 Å². The molecule has 0 heterocycles. The van der Waals surface area contributed by atoms with E-state index in [4.69, 9.17) is 46.4 Å². The van der Waals surface area contributed by atoms with Crippen LogP contribution in [0.5, 0.6) is 0 Å². The maximum Gasteiger partial charge on any atom is 0.243 e. The molecule has 0 aliphatic heterocycles. The van der Waals surface area contributed by atoms with Gasteiger partial charge in [0, 0.05) is 46.2 Å². The maximum absolute atomic E-state index is 13.5. The summed E-state index contributed by atoms with van der Waals surface area (Å²) in [5, 5.41) is 4.16. The van der Waals surface area contributed by atoms with Gasteiger partial charge in [-0.05, 0) is 57.0 Å². The van der Waals surface area contributed by atoms with Gasteiger partial charge < -0.3 is 10.2 Å². The average molecular weight is 611 g/mol. The molecular formula is C25H31Cl4N3O4S. The van der Waals surface area contributed by atoms with Gasteiger partial charge >= 0.3 is 0 Å². The molecule has 0 aromatic heterocycles. The number of carbonyl (C=O) groups excluding carboxylic acids is 2. The Morgan fingerprint density at radius 2 is 1.62 bits per heavy atom. The van der Waals surface area contributed by atoms with E-state index in [0.29, 0.717) is 27.1 Å². The summed E-state index contributed by atoms with van der Waals surface area (Å²) in [6.45, 7) is 5.49. The van der Waals surface area contributed by atoms with Crippen molar-refractivity contribution in [3.8, 4) is 0 Å². The van der Waals surface area contributed by atoms with Gasteiger partial charge in [-0.2, -0.15) is 0 Å². The molecule has 0 unspecified atom stereocenters. The molecule has 12 heteroatoms. The molecule has 2 aromatic rings. The van der Waals surface area contributed by atoms with Gasteiger partial charge in [0.1, 0.15) is 6.04 Å². The number of nitrogens with zero attached hydrogens (tertiary/aromatic N) is 2. The first-order chi connectivity index (χ1) is 17.3. The van der Waals surface area contributed by atoms with Crippen LogP contribution in [0.2, 0.25) is 20.1 Å². The van der Waals surface area contributed by atoms with Crippen LogP contribution in [0, 0.1) is 0 Å². The Kier molecular flexibility index (Phi) is 11.8. The zero-order valence-electron chi connectivity index (χ0n) is 21.1. The molecule has 2 amide bonds. The quantitative estimate of drug-likeness (QED) is 0.311. The van der Waals surface area contributed by atoms with Crippen LogP contribution in [-0.4, -0.2) is 50.0 Å². The summed E-state index contributed by atoms with van der Waals surface area (Å²) in [5.74, 6) is -0.634. The number of hydrogen-bond donors (Lipinski definition) is 1. The summed E-state index contributed by atoms with van der Waals surface area (Å²) < 4.78 is 26.1. The SMILES string of the molecule is CC[C@@H](C(=O)NC(C)C)N(Cc1c(Cl)cccc1Cl)C(=O)CCCN(c1cc(Cl)ccc1Cl)S(C)(=O)=O. The van der Waals surface area contributed by atoms with Gasteiger partial charge in [-0.3, -0.25) is 13.9 Å². The minimum Gasteiger partial charge on any atom is -0.352 e. The number of hydrogen-bond acceptors (Lipinski definition) is 4. The Morgan fingerprint density at radius 1 is 1.00 bits per heavy atom. The third kappa shape index (κ3) is 8.93. The second kappa shape index (κ2) is 13.9. The van der Waals surface area contributed by atoms with Crippen molar-refractivity contribution in [1.29, 1.82) is 0 Å². The highest BCUT2D eigenvalue weighted by Gasteiger charge is 2.30. The second-order valence-corrected chi connectivity index (χ2v) is 12.4. The topological polar surface area (TPSA) is 86.8 Å². The van der Waals surface area contributed by atoms with Crippen molar-refractivity contribution >= 4 is 73.9 Å². The van der Waals surface area contributed by atoms with Crippen LogP contribution in [0.4, 0.5) is 5.69 Å². The Labute approximate surface area is 239 Å². The number of carbonyl (C=O) groups is 2. The molecule has 37 heavy (non-hydrogen) atoms. The van der Waals surface area contributed by atoms with Crippen molar-refractivity contribution in [1.82, 2.24) is 10.2 Å². The molecule has 0 fully saturated rings. The Balaban J connectivity index is 2.31. The molecule has 0 bridgehead atoms. The first-order valence-electron chi connectivity index (χ1n) is 11.7. The third-order valence-electron chi connectivity index (χ3n) is 5.54. The summed E-state index contributed by atoms with van der Waals surface area (Å²) in [7, 11) is -3.72. The van der Waals surface area contributed by atoms with Gasteiger partial charge in [0.2, 0.25) is 21.8 Å². The number of benzene rings is 2. The summed E-state index contributed by atoms with van der Waals surface area (Å²) in [6.07, 6.45) is 1.56. The van der Waals surface area contributed by atoms with Crippen molar-refractivity contribution in [3.05, 3.63) is 62.1 Å². The summed E-state index contributed by atoms with van der Waals surface area (Å²) >= 11 is 25.0. The zero-order chi connectivity index (χ0) is 27.9. The lowest BCUT2D eigenvalue weighted by atomic mass is 10.1. The van der Waals surface area contributed by atoms with E-state index >= 15 is 0 Å². The largest absolute Gasteiger partial charge is 0.352 e. The van der Waals surface area contributed by atoms with Gasteiger partial charge in [0.15, 0.2) is 0 Å². The van der Waals surface area contributed by atoms with Crippen LogP contribution >= 0.6 is 46.4 Å². The molecule has 0 radical (unpaired) electrons. The number of halogens is 4. The van der Waals surface area contributed by atoms with Crippen molar-refractivity contribution in [3.63, 3.8) is 0 Å². The maximum atomic E-state index is 13.5. The second-order valence-electron chi connectivity index (χ2n) is 8.84. The monoisotopic (exact) mass is 609 g/mol. The number of anilines is 1. The molecule has 0 aliphatic rings. The van der Waals surface area contributed by atoms with E-state index in [2.05, 4.69) is 5.32 Å². The lowest BCUT2D eigenvalue weighted by molar-refractivity contribution is -0.141. The normalized spacial score (nSPS) is 12.4. The van der Waals surface area contributed by atoms with Gasteiger partial charge in [-0.1, -0.05) is 59.4 Å². The molecule has 2 aromatic carbocycles. The fourth-order valence-corrected chi connectivity index (χ4v) is 5.74. The summed E-state index contributed by atoms with van der Waals surface area (Å²) in [4.78, 5) is 27.9. The van der Waals surface area contributed by atoms with Crippen LogP contribution in [0.1, 0.15) is 45.6 Å². The lowest BCUT2D eigenvalue weighted by Crippen LogP contribution is -2.50.